The largest absolute Gasteiger partial charge is 0.476 e. The topological polar surface area (TPSA) is 21.6 Å². The third kappa shape index (κ3) is 1.09. The van der Waals surface area contributed by atoms with Crippen molar-refractivity contribution in [1.82, 2.24) is 0 Å². The molecule has 0 aromatic rings. The van der Waals surface area contributed by atoms with Gasteiger partial charge in [-0.1, -0.05) is 0 Å². The summed E-state index contributed by atoms with van der Waals surface area (Å²) >= 11 is 0. The van der Waals surface area contributed by atoms with Crippen LogP contribution in [0.15, 0.2) is 16.8 Å². The number of hydrogen-bond acceptors (Lipinski definition) is 2. The van der Waals surface area contributed by atoms with E-state index in [0.29, 0.717) is 6.73 Å². The van der Waals surface area contributed by atoms with Crippen molar-refractivity contribution in [3.8, 4) is 0 Å². The second-order valence-corrected chi connectivity index (χ2v) is 1.83. The van der Waals surface area contributed by atoms with Gasteiger partial charge in [0.05, 0.1) is 5.76 Å². The summed E-state index contributed by atoms with van der Waals surface area (Å²) in [4.78, 5) is 4.00. The molecular formula is C6H9NO. The first-order chi connectivity index (χ1) is 3.79. The zero-order chi connectivity index (χ0) is 5.98. The van der Waals surface area contributed by atoms with E-state index in [0.717, 1.165) is 11.5 Å². The first-order valence-corrected chi connectivity index (χ1v) is 2.61. The molecule has 8 heavy (non-hydrogen) atoms. The lowest BCUT2D eigenvalue weighted by atomic mass is 10.3. The molecule has 44 valence electrons. The summed E-state index contributed by atoms with van der Waals surface area (Å²) in [7, 11) is 0. The Labute approximate surface area is 48.9 Å². The molecule has 0 aromatic heterocycles. The minimum Gasteiger partial charge on any atom is -0.476 e. The maximum Gasteiger partial charge on any atom is 0.178 e. The molecule has 1 aliphatic rings. The molecule has 0 aromatic carbocycles. The zero-order valence-corrected chi connectivity index (χ0v) is 5.14. The highest BCUT2D eigenvalue weighted by Gasteiger charge is 1.95. The van der Waals surface area contributed by atoms with E-state index in [9.17, 15) is 0 Å². The van der Waals surface area contributed by atoms with Crippen LogP contribution in [0, 0.1) is 0 Å². The van der Waals surface area contributed by atoms with Crippen LogP contribution in [0.5, 0.6) is 0 Å². The van der Waals surface area contributed by atoms with Crippen LogP contribution in [-0.2, 0) is 4.74 Å². The standard InChI is InChI=1S/C6H9NO/c1-5-3-6(2)8-4-7-5/h3H,4H2,1-2H3. The normalized spacial score (nSPS) is 18.8. The predicted octanol–water partition coefficient (Wildman–Crippen LogP) is 1.34. The van der Waals surface area contributed by atoms with Crippen molar-refractivity contribution in [1.29, 1.82) is 0 Å². The SMILES string of the molecule is CC1=CC(C)=NCO1. The summed E-state index contributed by atoms with van der Waals surface area (Å²) < 4.78 is 5.02. The smallest absolute Gasteiger partial charge is 0.178 e. The van der Waals surface area contributed by atoms with Crippen molar-refractivity contribution in [2.45, 2.75) is 13.8 Å². The summed E-state index contributed by atoms with van der Waals surface area (Å²) in [5, 5.41) is 0. The summed E-state index contributed by atoms with van der Waals surface area (Å²) in [5.74, 6) is 0.956. The fourth-order valence-electron chi connectivity index (χ4n) is 0.617. The lowest BCUT2D eigenvalue weighted by molar-refractivity contribution is 0.221. The molecule has 0 atom stereocenters. The molecule has 0 aliphatic carbocycles. The Morgan fingerprint density at radius 2 is 2.38 bits per heavy atom. The average molecular weight is 111 g/mol. The van der Waals surface area contributed by atoms with Crippen molar-refractivity contribution in [3.63, 3.8) is 0 Å². The second kappa shape index (κ2) is 1.99. The Hall–Kier alpha value is -0.790. The highest BCUT2D eigenvalue weighted by atomic mass is 16.5. The Kier molecular flexibility index (Phi) is 1.33. The summed E-state index contributed by atoms with van der Waals surface area (Å²) in [6.45, 7) is 4.39. The summed E-state index contributed by atoms with van der Waals surface area (Å²) in [6.07, 6.45) is 1.92. The van der Waals surface area contributed by atoms with E-state index in [2.05, 4.69) is 4.99 Å². The summed E-state index contributed by atoms with van der Waals surface area (Å²) in [5.41, 5.74) is 1.05. The lowest BCUT2D eigenvalue weighted by Gasteiger charge is -2.07. The number of aliphatic imine (C=N–C) groups is 1. The minimum atomic E-state index is 0.494. The van der Waals surface area contributed by atoms with E-state index in [-0.39, 0.29) is 0 Å². The molecule has 0 radical (unpaired) electrons. The number of rotatable bonds is 0. The van der Waals surface area contributed by atoms with E-state index in [1.807, 2.05) is 19.9 Å². The molecule has 1 heterocycles. The van der Waals surface area contributed by atoms with Gasteiger partial charge in [0.1, 0.15) is 0 Å². The van der Waals surface area contributed by atoms with E-state index < -0.39 is 0 Å². The summed E-state index contributed by atoms with van der Waals surface area (Å²) in [6, 6.07) is 0. The third-order valence-electron chi connectivity index (χ3n) is 1.02. The Morgan fingerprint density at radius 1 is 1.62 bits per heavy atom. The van der Waals surface area contributed by atoms with Gasteiger partial charge in [0.2, 0.25) is 0 Å². The molecule has 1 rings (SSSR count). The minimum absolute atomic E-state index is 0.494. The molecule has 0 fully saturated rings. The van der Waals surface area contributed by atoms with Crippen LogP contribution in [0.1, 0.15) is 13.8 Å². The van der Waals surface area contributed by atoms with Crippen molar-refractivity contribution >= 4 is 5.71 Å². The number of allylic oxidation sites excluding steroid dienone is 2. The lowest BCUT2D eigenvalue weighted by Crippen LogP contribution is -2.00. The molecular weight excluding hydrogens is 102 g/mol. The maximum atomic E-state index is 5.02. The van der Waals surface area contributed by atoms with Crippen molar-refractivity contribution in [2.24, 2.45) is 4.99 Å². The third-order valence-corrected chi connectivity index (χ3v) is 1.02. The quantitative estimate of drug-likeness (QED) is 0.462. The van der Waals surface area contributed by atoms with Crippen LogP contribution in [0.2, 0.25) is 0 Å². The Morgan fingerprint density at radius 3 is 2.75 bits per heavy atom. The van der Waals surface area contributed by atoms with Gasteiger partial charge in [-0.05, 0) is 19.9 Å². The van der Waals surface area contributed by atoms with Crippen LogP contribution in [0.3, 0.4) is 0 Å². The van der Waals surface area contributed by atoms with Gasteiger partial charge in [-0.15, -0.1) is 0 Å². The molecule has 0 bridgehead atoms. The molecule has 1 aliphatic heterocycles. The molecule has 2 nitrogen and oxygen atoms in total. The molecule has 0 amide bonds. The maximum absolute atomic E-state index is 5.02. The van der Waals surface area contributed by atoms with Gasteiger partial charge in [-0.3, -0.25) is 4.99 Å². The fraction of sp³-hybridized carbons (Fsp3) is 0.500. The van der Waals surface area contributed by atoms with Crippen molar-refractivity contribution in [3.05, 3.63) is 11.8 Å². The van der Waals surface area contributed by atoms with Gasteiger partial charge in [-0.25, -0.2) is 0 Å². The van der Waals surface area contributed by atoms with E-state index in [4.69, 9.17) is 4.74 Å². The second-order valence-electron chi connectivity index (χ2n) is 1.83. The molecule has 0 saturated carbocycles. The van der Waals surface area contributed by atoms with Crippen molar-refractivity contribution < 1.29 is 4.74 Å². The highest BCUT2D eigenvalue weighted by molar-refractivity contribution is 5.93. The number of hydrogen-bond donors (Lipinski definition) is 0. The van der Waals surface area contributed by atoms with Gasteiger partial charge in [-0.2, -0.15) is 0 Å². The van der Waals surface area contributed by atoms with Gasteiger partial charge < -0.3 is 4.74 Å². The van der Waals surface area contributed by atoms with E-state index >= 15 is 0 Å². The number of ether oxygens (including phenoxy) is 1. The van der Waals surface area contributed by atoms with E-state index in [1.165, 1.54) is 0 Å². The van der Waals surface area contributed by atoms with Crippen LogP contribution < -0.4 is 0 Å². The number of nitrogens with zero attached hydrogens (tertiary/aromatic N) is 1. The van der Waals surface area contributed by atoms with Gasteiger partial charge >= 0.3 is 0 Å². The fourth-order valence-corrected chi connectivity index (χ4v) is 0.617. The van der Waals surface area contributed by atoms with Crippen LogP contribution >= 0.6 is 0 Å². The Bertz CT molecular complexity index is 147. The van der Waals surface area contributed by atoms with Gasteiger partial charge in [0, 0.05) is 5.71 Å². The van der Waals surface area contributed by atoms with Gasteiger partial charge in [0.25, 0.3) is 0 Å². The molecule has 0 spiro atoms. The van der Waals surface area contributed by atoms with Gasteiger partial charge in [0.15, 0.2) is 6.73 Å². The van der Waals surface area contributed by atoms with E-state index in [1.54, 1.807) is 0 Å². The average Bonchev–Trinajstić information content (AvgIpc) is 1.64. The Balaban J connectivity index is 2.69. The highest BCUT2D eigenvalue weighted by Crippen LogP contribution is 2.01. The molecule has 0 saturated heterocycles. The zero-order valence-electron chi connectivity index (χ0n) is 5.14. The molecule has 2 heteroatoms. The van der Waals surface area contributed by atoms with Crippen LogP contribution in [0.4, 0.5) is 0 Å². The predicted molar refractivity (Wildman–Crippen MR) is 32.8 cm³/mol. The first-order valence-electron chi connectivity index (χ1n) is 2.61. The molecule has 0 unspecified atom stereocenters. The van der Waals surface area contributed by atoms with Crippen LogP contribution in [-0.4, -0.2) is 12.4 Å². The van der Waals surface area contributed by atoms with Crippen molar-refractivity contribution in [2.75, 3.05) is 6.73 Å². The first kappa shape index (κ1) is 5.35. The van der Waals surface area contributed by atoms with Crippen LogP contribution in [0.25, 0.3) is 0 Å². The molecule has 0 N–H and O–H groups in total. The monoisotopic (exact) mass is 111 g/mol.